The van der Waals surface area contributed by atoms with Gasteiger partial charge in [-0.1, -0.05) is 60.7 Å². The number of hydrogen-bond acceptors (Lipinski definition) is 12. The summed E-state index contributed by atoms with van der Waals surface area (Å²) in [4.78, 5) is 4.37. The third-order valence-electron chi connectivity index (χ3n) is 11.5. The van der Waals surface area contributed by atoms with E-state index in [-0.39, 0.29) is 17.1 Å². The highest BCUT2D eigenvalue weighted by atomic mass is 32.1. The maximum Gasteiger partial charge on any atom is 0.123 e. The highest BCUT2D eigenvalue weighted by Gasteiger charge is 2.45. The lowest BCUT2D eigenvalue weighted by molar-refractivity contribution is -0.231. The van der Waals surface area contributed by atoms with Crippen LogP contribution in [0.1, 0.15) is 55.3 Å². The van der Waals surface area contributed by atoms with E-state index >= 15 is 0 Å². The van der Waals surface area contributed by atoms with Crippen LogP contribution >= 0.6 is 22.7 Å². The number of benzene rings is 4. The summed E-state index contributed by atoms with van der Waals surface area (Å²) in [6, 6.07) is 32.3. The van der Waals surface area contributed by atoms with Gasteiger partial charge in [0.2, 0.25) is 0 Å². The summed E-state index contributed by atoms with van der Waals surface area (Å²) < 4.78 is 37.8. The fourth-order valence-corrected chi connectivity index (χ4v) is 9.80. The lowest BCUT2D eigenvalue weighted by Crippen LogP contribution is -2.55. The second kappa shape index (κ2) is 21.1. The van der Waals surface area contributed by atoms with Gasteiger partial charge in [-0.25, -0.2) is 8.78 Å². The van der Waals surface area contributed by atoms with E-state index in [1.807, 2.05) is 74.5 Å². The maximum atomic E-state index is 13.2. The molecule has 2 aromatic heterocycles. The van der Waals surface area contributed by atoms with Gasteiger partial charge >= 0.3 is 0 Å². The summed E-state index contributed by atoms with van der Waals surface area (Å²) in [5, 5.41) is 80.0. The molecule has 10 unspecified atom stereocenters. The first kappa shape index (κ1) is 48.2. The second-order valence-electron chi connectivity index (χ2n) is 15.8. The zero-order valence-electron chi connectivity index (χ0n) is 34.5. The molecule has 4 aromatic carbocycles. The van der Waals surface area contributed by atoms with Crippen molar-refractivity contribution in [3.63, 3.8) is 0 Å². The van der Waals surface area contributed by atoms with E-state index < -0.39 is 74.3 Å². The van der Waals surface area contributed by atoms with Crippen molar-refractivity contribution < 1.29 is 64.6 Å². The van der Waals surface area contributed by atoms with Crippen LogP contribution in [0.15, 0.2) is 109 Å². The molecule has 0 bridgehead atoms. The monoisotopic (exact) mass is 906 g/mol. The van der Waals surface area contributed by atoms with Crippen LogP contribution in [0.2, 0.25) is 0 Å². The molecule has 11 nitrogen and oxygen atoms in total. The normalized spacial score (nSPS) is 25.8. The number of thiophene rings is 2. The first-order valence-electron chi connectivity index (χ1n) is 20.2. The van der Waals surface area contributed by atoms with Crippen molar-refractivity contribution >= 4 is 22.7 Å². The summed E-state index contributed by atoms with van der Waals surface area (Å²) in [7, 11) is 0. The molecule has 0 saturated carbocycles. The topological polar surface area (TPSA) is 212 Å². The number of hydrogen-bond donors (Lipinski definition) is 8. The smallest absolute Gasteiger partial charge is 0.123 e. The van der Waals surface area contributed by atoms with Gasteiger partial charge in [-0.3, -0.25) is 0 Å². The van der Waals surface area contributed by atoms with E-state index in [9.17, 15) is 49.6 Å². The molecule has 2 fully saturated rings. The molecule has 15 heteroatoms. The zero-order chi connectivity index (χ0) is 44.2. The lowest BCUT2D eigenvalue weighted by Gasteiger charge is -2.40. The Morgan fingerprint density at radius 2 is 0.841 bits per heavy atom. The molecule has 2 aliphatic heterocycles. The lowest BCUT2D eigenvalue weighted by atomic mass is 9.89. The molecule has 8 rings (SSSR count). The Bertz CT molecular complexity index is 2240. The van der Waals surface area contributed by atoms with Gasteiger partial charge < -0.3 is 55.8 Å². The van der Waals surface area contributed by atoms with E-state index in [0.29, 0.717) is 24.0 Å². The summed E-state index contributed by atoms with van der Waals surface area (Å²) in [6.07, 6.45) is -10.4. The molecular formula is C48H52F2O11S2. The Morgan fingerprint density at radius 1 is 0.476 bits per heavy atom. The fourth-order valence-electron chi connectivity index (χ4n) is 7.73. The third kappa shape index (κ3) is 11.0. The summed E-state index contributed by atoms with van der Waals surface area (Å²) in [5.74, 6) is -0.526. The van der Waals surface area contributed by atoms with Crippen molar-refractivity contribution in [2.45, 2.75) is 87.7 Å². The second-order valence-corrected chi connectivity index (χ2v) is 18.1. The van der Waals surface area contributed by atoms with Crippen LogP contribution in [0.5, 0.6) is 0 Å². The van der Waals surface area contributed by atoms with Gasteiger partial charge in [-0.2, -0.15) is 0 Å². The largest absolute Gasteiger partial charge is 0.412 e. The Morgan fingerprint density at radius 3 is 1.19 bits per heavy atom. The molecule has 0 aliphatic carbocycles. The molecule has 0 radical (unpaired) electrons. The number of aliphatic hydroxyl groups excluding tert-OH is 8. The van der Waals surface area contributed by atoms with E-state index in [4.69, 9.17) is 9.47 Å². The quantitative estimate of drug-likeness (QED) is 0.0911. The van der Waals surface area contributed by atoms with Crippen molar-refractivity contribution in [2.24, 2.45) is 0 Å². The highest BCUT2D eigenvalue weighted by Crippen LogP contribution is 2.37. The summed E-state index contributed by atoms with van der Waals surface area (Å²) in [5.41, 5.74) is 7.51. The first-order valence-corrected chi connectivity index (χ1v) is 21.9. The molecule has 336 valence electrons. The SMILES string of the molecule is Cc1ccc(C2OC(CO)C(O)C(O)C2O)cc1Cc1ccc(-c2ccc(F)cc2)s1.Cc1ccc(C2OC(CO)C(O)C(O)C2O)cc1Cc1ccc(-c2ccc(F)cc2)s1.O. The number of halogens is 2. The Labute approximate surface area is 371 Å². The van der Waals surface area contributed by atoms with Crippen LogP contribution in [-0.2, 0) is 22.3 Å². The number of ether oxygens (including phenoxy) is 2. The minimum Gasteiger partial charge on any atom is -0.412 e. The third-order valence-corrected chi connectivity index (χ3v) is 13.8. The molecule has 2 saturated heterocycles. The molecule has 0 amide bonds. The fraction of sp³-hybridized carbons (Fsp3) is 0.333. The van der Waals surface area contributed by atoms with E-state index in [2.05, 4.69) is 0 Å². The van der Waals surface area contributed by atoms with Crippen LogP contribution < -0.4 is 0 Å². The van der Waals surface area contributed by atoms with Gasteiger partial charge in [-0.15, -0.1) is 22.7 Å². The van der Waals surface area contributed by atoms with Gasteiger partial charge in [0.15, 0.2) is 0 Å². The highest BCUT2D eigenvalue weighted by molar-refractivity contribution is 7.15. The molecule has 63 heavy (non-hydrogen) atoms. The van der Waals surface area contributed by atoms with Crippen LogP contribution in [0.25, 0.3) is 20.9 Å². The van der Waals surface area contributed by atoms with E-state index in [1.54, 1.807) is 46.9 Å². The van der Waals surface area contributed by atoms with Gasteiger partial charge in [0, 0.05) is 32.4 Å². The predicted octanol–water partition coefficient (Wildman–Crippen LogP) is 5.11. The van der Waals surface area contributed by atoms with Crippen LogP contribution in [-0.4, -0.2) is 108 Å². The Hall–Kier alpha value is -4.30. The van der Waals surface area contributed by atoms with Gasteiger partial charge in [0.25, 0.3) is 0 Å². The van der Waals surface area contributed by atoms with Crippen molar-refractivity contribution in [2.75, 3.05) is 13.2 Å². The average Bonchev–Trinajstić information content (AvgIpc) is 3.95. The van der Waals surface area contributed by atoms with Crippen molar-refractivity contribution in [1.82, 2.24) is 0 Å². The average molecular weight is 907 g/mol. The maximum absolute atomic E-state index is 13.2. The van der Waals surface area contributed by atoms with E-state index in [0.717, 1.165) is 52.9 Å². The predicted molar refractivity (Wildman–Crippen MR) is 236 cm³/mol. The number of aliphatic hydroxyl groups is 8. The van der Waals surface area contributed by atoms with Crippen LogP contribution in [0.3, 0.4) is 0 Å². The minimum absolute atomic E-state index is 0. The van der Waals surface area contributed by atoms with E-state index in [1.165, 1.54) is 24.3 Å². The Balaban J connectivity index is 0.000000206. The Kier molecular flexibility index (Phi) is 16.2. The van der Waals surface area contributed by atoms with Crippen molar-refractivity contribution in [1.29, 1.82) is 0 Å². The van der Waals surface area contributed by atoms with Crippen molar-refractivity contribution in [3.05, 3.63) is 164 Å². The molecule has 2 aliphatic rings. The minimum atomic E-state index is -1.41. The van der Waals surface area contributed by atoms with Crippen LogP contribution in [0, 0.1) is 25.5 Å². The molecule has 0 spiro atoms. The molecule has 6 aromatic rings. The molecule has 4 heterocycles. The number of aryl methyl sites for hydroxylation is 2. The standard InChI is InChI=1S/2C24H25FO5S.H2O/c2*1-13-2-3-15(24-23(29)22(28)21(27)19(12-26)30-24)10-16(13)11-18-8-9-20(31-18)14-4-6-17(25)7-5-14;/h2*2-10,19,21-24,26-29H,11-12H2,1H3;1H2. The van der Waals surface area contributed by atoms with Gasteiger partial charge in [0.1, 0.15) is 72.7 Å². The molecular weight excluding hydrogens is 855 g/mol. The zero-order valence-corrected chi connectivity index (χ0v) is 36.1. The summed E-state index contributed by atoms with van der Waals surface area (Å²) in [6.45, 7) is 3.09. The molecule has 10 atom stereocenters. The first-order chi connectivity index (χ1) is 29.7. The number of rotatable bonds is 10. The van der Waals surface area contributed by atoms with Gasteiger partial charge in [0.05, 0.1) is 13.2 Å². The van der Waals surface area contributed by atoms with Crippen LogP contribution in [0.4, 0.5) is 8.78 Å². The summed E-state index contributed by atoms with van der Waals surface area (Å²) >= 11 is 3.27. The molecule has 10 N–H and O–H groups in total. The van der Waals surface area contributed by atoms with Crippen molar-refractivity contribution in [3.8, 4) is 20.9 Å². The van der Waals surface area contributed by atoms with Gasteiger partial charge in [-0.05, 0) is 107 Å².